The molecule has 21 heavy (non-hydrogen) atoms. The minimum atomic E-state index is -0.255. The van der Waals surface area contributed by atoms with Crippen LogP contribution < -0.4 is 0 Å². The van der Waals surface area contributed by atoms with E-state index in [0.717, 1.165) is 26.7 Å². The molecule has 3 heterocycles. The maximum absolute atomic E-state index is 13.2. The summed E-state index contributed by atoms with van der Waals surface area (Å²) in [6.07, 6.45) is 5.02. The predicted octanol–water partition coefficient (Wildman–Crippen LogP) is 3.66. The molecule has 0 atom stereocenters. The van der Waals surface area contributed by atoms with E-state index in [1.807, 2.05) is 12.1 Å². The summed E-state index contributed by atoms with van der Waals surface area (Å²) in [5.74, 6) is -0.255. The van der Waals surface area contributed by atoms with Gasteiger partial charge in [-0.25, -0.2) is 13.9 Å². The van der Waals surface area contributed by atoms with Crippen LogP contribution in [0.5, 0.6) is 0 Å². The zero-order chi connectivity index (χ0) is 14.2. The number of hydrogen-bond acceptors (Lipinski definition) is 4. The van der Waals surface area contributed by atoms with E-state index < -0.39 is 0 Å². The summed E-state index contributed by atoms with van der Waals surface area (Å²) in [5.41, 5.74) is 2.86. The van der Waals surface area contributed by atoms with Gasteiger partial charge in [-0.15, -0.1) is 0 Å². The number of thiazole rings is 1. The highest BCUT2D eigenvalue weighted by molar-refractivity contribution is 7.20. The van der Waals surface area contributed by atoms with Crippen LogP contribution in [0.1, 0.15) is 0 Å². The molecule has 0 bridgehead atoms. The third-order valence-electron chi connectivity index (χ3n) is 3.20. The van der Waals surface area contributed by atoms with E-state index >= 15 is 0 Å². The van der Waals surface area contributed by atoms with Crippen molar-refractivity contribution in [1.29, 1.82) is 0 Å². The summed E-state index contributed by atoms with van der Waals surface area (Å²) in [5, 5.41) is 4.27. The second kappa shape index (κ2) is 4.75. The zero-order valence-electron chi connectivity index (χ0n) is 10.8. The van der Waals surface area contributed by atoms with Gasteiger partial charge in [0.15, 0.2) is 0 Å². The van der Waals surface area contributed by atoms with Gasteiger partial charge in [0.1, 0.15) is 12.1 Å². The third kappa shape index (κ3) is 2.00. The standard InChI is InChI=1S/C15H9FN4S/c16-12-3-1-10(2-4-12)13-14(11-5-7-17-8-6-11)21-15-18-9-19-20(13)15/h1-9H. The highest BCUT2D eigenvalue weighted by atomic mass is 32.1. The Labute approximate surface area is 123 Å². The predicted molar refractivity (Wildman–Crippen MR) is 79.5 cm³/mol. The van der Waals surface area contributed by atoms with Crippen molar-refractivity contribution in [3.63, 3.8) is 0 Å². The van der Waals surface area contributed by atoms with Crippen LogP contribution in [0.2, 0.25) is 0 Å². The molecule has 0 unspecified atom stereocenters. The molecule has 0 spiro atoms. The van der Waals surface area contributed by atoms with Crippen LogP contribution in [-0.4, -0.2) is 19.6 Å². The minimum Gasteiger partial charge on any atom is -0.265 e. The second-order valence-electron chi connectivity index (χ2n) is 4.48. The summed E-state index contributed by atoms with van der Waals surface area (Å²) in [7, 11) is 0. The molecule has 0 aliphatic carbocycles. The Morgan fingerprint density at radius 1 is 0.952 bits per heavy atom. The molecule has 3 aromatic heterocycles. The summed E-state index contributed by atoms with van der Waals surface area (Å²) in [6, 6.07) is 10.3. The fraction of sp³-hybridized carbons (Fsp3) is 0. The Bertz CT molecular complexity index is 896. The van der Waals surface area contributed by atoms with E-state index in [1.165, 1.54) is 18.5 Å². The lowest BCUT2D eigenvalue weighted by Crippen LogP contribution is -1.90. The van der Waals surface area contributed by atoms with Gasteiger partial charge >= 0.3 is 0 Å². The van der Waals surface area contributed by atoms with Crippen LogP contribution in [-0.2, 0) is 0 Å². The van der Waals surface area contributed by atoms with Crippen LogP contribution in [0.3, 0.4) is 0 Å². The van der Waals surface area contributed by atoms with Gasteiger partial charge in [0, 0.05) is 18.0 Å². The maximum Gasteiger partial charge on any atom is 0.213 e. The molecule has 0 saturated carbocycles. The SMILES string of the molecule is Fc1ccc(-c2c(-c3ccncc3)sc3ncnn23)cc1. The third-order valence-corrected chi connectivity index (χ3v) is 4.29. The molecule has 0 amide bonds. The number of pyridine rings is 1. The molecule has 102 valence electrons. The highest BCUT2D eigenvalue weighted by Gasteiger charge is 2.17. The molecule has 0 N–H and O–H groups in total. The van der Waals surface area contributed by atoms with Crippen molar-refractivity contribution >= 4 is 16.3 Å². The van der Waals surface area contributed by atoms with Crippen molar-refractivity contribution < 1.29 is 4.39 Å². The molecule has 4 nitrogen and oxygen atoms in total. The molecule has 4 aromatic rings. The molecular weight excluding hydrogens is 287 g/mol. The lowest BCUT2D eigenvalue weighted by Gasteiger charge is -2.04. The van der Waals surface area contributed by atoms with Crippen molar-refractivity contribution in [3.8, 4) is 21.7 Å². The Morgan fingerprint density at radius 2 is 1.71 bits per heavy atom. The Morgan fingerprint density at radius 3 is 2.48 bits per heavy atom. The fourth-order valence-electron chi connectivity index (χ4n) is 2.25. The molecule has 0 saturated heterocycles. The fourth-order valence-corrected chi connectivity index (χ4v) is 3.31. The molecule has 6 heteroatoms. The van der Waals surface area contributed by atoms with E-state index in [1.54, 1.807) is 40.4 Å². The summed E-state index contributed by atoms with van der Waals surface area (Å²) >= 11 is 1.55. The smallest absolute Gasteiger partial charge is 0.213 e. The largest absolute Gasteiger partial charge is 0.265 e. The number of rotatable bonds is 2. The molecule has 4 rings (SSSR count). The van der Waals surface area contributed by atoms with Gasteiger partial charge in [-0.2, -0.15) is 5.10 Å². The van der Waals surface area contributed by atoms with Crippen LogP contribution in [0, 0.1) is 5.82 Å². The van der Waals surface area contributed by atoms with Gasteiger partial charge in [-0.1, -0.05) is 11.3 Å². The average Bonchev–Trinajstić information content (AvgIpc) is 3.10. The van der Waals surface area contributed by atoms with Crippen LogP contribution in [0.15, 0.2) is 55.1 Å². The van der Waals surface area contributed by atoms with E-state index in [9.17, 15) is 4.39 Å². The summed E-state index contributed by atoms with van der Waals surface area (Å²) < 4.78 is 15.0. The average molecular weight is 296 g/mol. The number of nitrogens with zero attached hydrogens (tertiary/aromatic N) is 4. The molecule has 1 aromatic carbocycles. The first-order valence-corrected chi connectivity index (χ1v) is 7.13. The highest BCUT2D eigenvalue weighted by Crippen LogP contribution is 2.38. The van der Waals surface area contributed by atoms with Gasteiger partial charge in [-0.3, -0.25) is 4.98 Å². The van der Waals surface area contributed by atoms with Gasteiger partial charge in [-0.05, 0) is 42.0 Å². The Kier molecular flexibility index (Phi) is 2.75. The number of fused-ring (bicyclic) bond motifs is 1. The van der Waals surface area contributed by atoms with Crippen LogP contribution >= 0.6 is 11.3 Å². The number of benzene rings is 1. The maximum atomic E-state index is 13.2. The number of aromatic nitrogens is 4. The van der Waals surface area contributed by atoms with Crippen molar-refractivity contribution in [2.75, 3.05) is 0 Å². The quantitative estimate of drug-likeness (QED) is 0.567. The van der Waals surface area contributed by atoms with Crippen molar-refractivity contribution in [1.82, 2.24) is 19.6 Å². The monoisotopic (exact) mass is 296 g/mol. The zero-order valence-corrected chi connectivity index (χ0v) is 11.6. The van der Waals surface area contributed by atoms with Crippen molar-refractivity contribution in [3.05, 3.63) is 60.9 Å². The van der Waals surface area contributed by atoms with E-state index in [2.05, 4.69) is 15.1 Å². The van der Waals surface area contributed by atoms with Crippen molar-refractivity contribution in [2.24, 2.45) is 0 Å². The molecule has 0 aliphatic rings. The normalized spacial score (nSPS) is 11.1. The molecule has 0 fully saturated rings. The number of hydrogen-bond donors (Lipinski definition) is 0. The molecule has 0 aliphatic heterocycles. The first-order valence-electron chi connectivity index (χ1n) is 6.32. The van der Waals surface area contributed by atoms with Crippen LogP contribution in [0.25, 0.3) is 26.7 Å². The second-order valence-corrected chi connectivity index (χ2v) is 5.45. The van der Waals surface area contributed by atoms with Gasteiger partial charge in [0.25, 0.3) is 0 Å². The summed E-state index contributed by atoms with van der Waals surface area (Å²) in [4.78, 5) is 10.1. The first kappa shape index (κ1) is 12.2. The van der Waals surface area contributed by atoms with E-state index in [4.69, 9.17) is 0 Å². The van der Waals surface area contributed by atoms with Crippen molar-refractivity contribution in [2.45, 2.75) is 0 Å². The van der Waals surface area contributed by atoms with E-state index in [-0.39, 0.29) is 5.82 Å². The van der Waals surface area contributed by atoms with Gasteiger partial charge in [0.05, 0.1) is 10.6 Å². The minimum absolute atomic E-state index is 0.255. The van der Waals surface area contributed by atoms with E-state index in [0.29, 0.717) is 0 Å². The number of halogens is 1. The Hall–Kier alpha value is -2.60. The lowest BCUT2D eigenvalue weighted by molar-refractivity contribution is 0.628. The molecular formula is C15H9FN4S. The summed E-state index contributed by atoms with van der Waals surface area (Å²) in [6.45, 7) is 0. The molecule has 0 radical (unpaired) electrons. The lowest BCUT2D eigenvalue weighted by atomic mass is 10.1. The first-order chi connectivity index (χ1) is 10.3. The van der Waals surface area contributed by atoms with Crippen LogP contribution in [0.4, 0.5) is 4.39 Å². The van der Waals surface area contributed by atoms with Gasteiger partial charge in [0.2, 0.25) is 4.96 Å². The van der Waals surface area contributed by atoms with Gasteiger partial charge < -0.3 is 0 Å². The topological polar surface area (TPSA) is 43.1 Å². The Balaban J connectivity index is 2.01.